The summed E-state index contributed by atoms with van der Waals surface area (Å²) in [6.45, 7) is 1.40. The summed E-state index contributed by atoms with van der Waals surface area (Å²) < 4.78 is 40.7. The number of aromatic nitrogens is 1. The van der Waals surface area contributed by atoms with Crippen molar-refractivity contribution in [3.63, 3.8) is 0 Å². The molecule has 9 rings (SSSR count). The first-order valence-corrected chi connectivity index (χ1v) is 19.4. The molecule has 59 heavy (non-hydrogen) atoms. The van der Waals surface area contributed by atoms with E-state index in [2.05, 4.69) is 10.4 Å². The van der Waals surface area contributed by atoms with E-state index in [1.807, 2.05) is 18.2 Å². The molecule has 1 saturated carbocycles. The number of anilines is 2. The van der Waals surface area contributed by atoms with Crippen LogP contribution in [0.4, 0.5) is 24.7 Å². The number of carbonyl (C=O) groups is 5. The maximum absolute atomic E-state index is 15.6. The molecular weight excluding hydrogens is 808 g/mol. The lowest BCUT2D eigenvalue weighted by Gasteiger charge is -2.51. The Morgan fingerprint density at radius 2 is 1.61 bits per heavy atom. The molecule has 2 aliphatic carbocycles. The van der Waals surface area contributed by atoms with Crippen molar-refractivity contribution in [2.24, 2.45) is 23.7 Å². The Kier molecular flexibility index (Phi) is 8.98. The monoisotopic (exact) mass is 838 g/mol. The predicted molar refractivity (Wildman–Crippen MR) is 211 cm³/mol. The van der Waals surface area contributed by atoms with E-state index in [1.54, 1.807) is 42.5 Å². The molecule has 0 radical (unpaired) electrons. The van der Waals surface area contributed by atoms with E-state index in [0.717, 1.165) is 4.90 Å². The summed E-state index contributed by atoms with van der Waals surface area (Å²) in [7, 11) is 0. The van der Waals surface area contributed by atoms with Gasteiger partial charge in [-0.15, -0.1) is 0 Å². The minimum Gasteiger partial charge on any atom is -0.508 e. The first kappa shape index (κ1) is 38.5. The van der Waals surface area contributed by atoms with Crippen molar-refractivity contribution in [1.29, 1.82) is 0 Å². The lowest BCUT2D eigenvalue weighted by atomic mass is 9.48. The van der Waals surface area contributed by atoms with E-state index < -0.39 is 81.2 Å². The maximum Gasteiger partial charge on any atom is 0.417 e. The van der Waals surface area contributed by atoms with Gasteiger partial charge in [-0.25, -0.2) is 4.98 Å². The molecule has 10 nitrogen and oxygen atoms in total. The van der Waals surface area contributed by atoms with Gasteiger partial charge < -0.3 is 5.11 Å². The number of Topliss-reactive ketones (excluding diaryl/α,β-unsaturated/α-hetero) is 1. The number of aromatic hydroxyl groups is 1. The number of pyridine rings is 1. The molecule has 5 aromatic rings. The van der Waals surface area contributed by atoms with Gasteiger partial charge >= 0.3 is 6.18 Å². The largest absolute Gasteiger partial charge is 0.508 e. The molecule has 298 valence electrons. The van der Waals surface area contributed by atoms with Crippen molar-refractivity contribution >= 4 is 74.9 Å². The molecule has 1 aromatic heterocycles. The zero-order valence-corrected chi connectivity index (χ0v) is 32.3. The fourth-order valence-corrected chi connectivity index (χ4v) is 10.1. The Morgan fingerprint density at radius 3 is 2.29 bits per heavy atom. The van der Waals surface area contributed by atoms with Gasteiger partial charge in [-0.05, 0) is 90.6 Å². The third kappa shape index (κ3) is 5.76. The normalized spacial score (nSPS) is 25.2. The minimum absolute atomic E-state index is 0.0989. The Bertz CT molecular complexity index is 2690. The first-order chi connectivity index (χ1) is 28.1. The Balaban J connectivity index is 1.25. The smallest absolute Gasteiger partial charge is 0.417 e. The highest BCUT2D eigenvalue weighted by atomic mass is 35.5. The van der Waals surface area contributed by atoms with Crippen molar-refractivity contribution in [1.82, 2.24) is 9.99 Å². The number of carbonyl (C=O) groups excluding carboxylic acids is 5. The van der Waals surface area contributed by atoms with E-state index >= 15 is 9.59 Å². The number of halogens is 5. The van der Waals surface area contributed by atoms with Gasteiger partial charge in [-0.1, -0.05) is 77.3 Å². The van der Waals surface area contributed by atoms with Crippen molar-refractivity contribution in [2.75, 3.05) is 10.3 Å². The van der Waals surface area contributed by atoms with Crippen LogP contribution < -0.4 is 10.3 Å². The molecule has 3 fully saturated rings. The van der Waals surface area contributed by atoms with Crippen LogP contribution in [0.2, 0.25) is 10.0 Å². The van der Waals surface area contributed by atoms with Crippen molar-refractivity contribution in [3.05, 3.63) is 141 Å². The van der Waals surface area contributed by atoms with Gasteiger partial charge in [0.25, 0.3) is 11.8 Å². The zero-order valence-electron chi connectivity index (χ0n) is 30.8. The number of hydrazine groups is 1. The van der Waals surface area contributed by atoms with Crippen LogP contribution in [0, 0.1) is 23.7 Å². The molecular formula is C44H31Cl2F3N4O6. The number of rotatable bonds is 6. The van der Waals surface area contributed by atoms with Crippen LogP contribution in [0.25, 0.3) is 10.8 Å². The van der Waals surface area contributed by atoms with Gasteiger partial charge in [-0.2, -0.15) is 18.2 Å². The molecule has 2 saturated heterocycles. The van der Waals surface area contributed by atoms with Crippen molar-refractivity contribution in [3.8, 4) is 5.75 Å². The summed E-state index contributed by atoms with van der Waals surface area (Å²) in [5.41, 5.74) is 1.52. The van der Waals surface area contributed by atoms with Crippen LogP contribution in [-0.4, -0.2) is 44.5 Å². The van der Waals surface area contributed by atoms with Gasteiger partial charge in [0.05, 0.1) is 39.4 Å². The molecule has 2 N–H and O–H groups in total. The van der Waals surface area contributed by atoms with Crippen LogP contribution in [-0.2, 0) is 30.8 Å². The predicted octanol–water partition coefficient (Wildman–Crippen LogP) is 8.66. The standard InChI is InChI=1S/C44H31Cl2F3N4O6/c1-21(54)22-6-13-27(14-7-22)52-39(56)30-16-15-29-31(35(30)41(52)58)19-32-40(57)53(51-38-33(46)18-25(20-50-38)44(47,48)49)42(59)43(32,24-9-11-26(45)12-10-24)37(29)36-28-5-3-2-4-23(28)8-17-34(36)55/h2-15,17-18,20,30-32,35,37,55H,16,19H2,1H3,(H,50,51)/t30-,31+,32-,35-,37+,43+/m0/s1. The van der Waals surface area contributed by atoms with E-state index in [1.165, 1.54) is 37.3 Å². The second kappa shape index (κ2) is 13.8. The molecule has 4 aliphatic rings. The number of hydrogen-bond acceptors (Lipinski definition) is 8. The zero-order chi connectivity index (χ0) is 41.7. The second-order valence-electron chi connectivity index (χ2n) is 15.3. The number of benzene rings is 4. The van der Waals surface area contributed by atoms with Crippen LogP contribution in [0.15, 0.2) is 109 Å². The van der Waals surface area contributed by atoms with Gasteiger partial charge in [0.2, 0.25) is 11.8 Å². The fraction of sp³-hybridized carbons (Fsp3) is 0.227. The number of hydrogen-bond donors (Lipinski definition) is 2. The summed E-state index contributed by atoms with van der Waals surface area (Å²) in [6.07, 6.45) is -2.42. The Hall–Kier alpha value is -6.05. The average molecular weight is 840 g/mol. The number of nitrogens with zero attached hydrogens (tertiary/aromatic N) is 3. The summed E-state index contributed by atoms with van der Waals surface area (Å²) >= 11 is 12.7. The lowest BCUT2D eigenvalue weighted by molar-refractivity contribution is -0.139. The van der Waals surface area contributed by atoms with Gasteiger partial charge in [0, 0.05) is 28.3 Å². The highest BCUT2D eigenvalue weighted by molar-refractivity contribution is 6.33. The highest BCUT2D eigenvalue weighted by Gasteiger charge is 2.71. The second-order valence-corrected chi connectivity index (χ2v) is 16.1. The number of nitrogens with one attached hydrogen (secondary N) is 1. The number of imide groups is 2. The molecule has 2 aliphatic heterocycles. The van der Waals surface area contributed by atoms with E-state index in [4.69, 9.17) is 23.2 Å². The number of ketones is 1. The minimum atomic E-state index is -4.77. The molecule has 3 heterocycles. The molecule has 4 aromatic carbocycles. The first-order valence-electron chi connectivity index (χ1n) is 18.7. The number of amides is 4. The number of allylic oxidation sites excluding steroid dienone is 2. The molecule has 0 bridgehead atoms. The van der Waals surface area contributed by atoms with Crippen molar-refractivity contribution < 1.29 is 42.3 Å². The summed E-state index contributed by atoms with van der Waals surface area (Å²) in [5, 5.41) is 13.7. The molecule has 0 unspecified atom stereocenters. The van der Waals surface area contributed by atoms with Crippen LogP contribution in [0.5, 0.6) is 5.75 Å². The van der Waals surface area contributed by atoms with E-state index in [9.17, 15) is 32.7 Å². The molecule has 0 spiro atoms. The Morgan fingerprint density at radius 1 is 0.898 bits per heavy atom. The van der Waals surface area contributed by atoms with Crippen LogP contribution >= 0.6 is 23.2 Å². The Labute approximate surface area is 344 Å². The summed E-state index contributed by atoms with van der Waals surface area (Å²) in [6, 6.07) is 23.5. The van der Waals surface area contributed by atoms with Crippen LogP contribution in [0.3, 0.4) is 0 Å². The SMILES string of the molecule is CC(=O)c1ccc(N2C(=O)[C@H]3[C@H](CC=C4[C@H]3C[C@H]3C(=O)N(Nc5ncc(C(F)(F)F)cc5Cl)C(=O)[C@@]3(c3ccc(Cl)cc3)[C@H]4c3c(O)ccc4ccccc34)C2=O)cc1. The van der Waals surface area contributed by atoms with Crippen LogP contribution in [0.1, 0.15) is 52.7 Å². The molecule has 6 atom stereocenters. The fourth-order valence-electron chi connectivity index (χ4n) is 9.78. The highest BCUT2D eigenvalue weighted by Crippen LogP contribution is 2.65. The van der Waals surface area contributed by atoms with Gasteiger partial charge in [0.1, 0.15) is 5.75 Å². The summed E-state index contributed by atoms with van der Waals surface area (Å²) in [4.78, 5) is 76.4. The van der Waals surface area contributed by atoms with E-state index in [-0.39, 0.29) is 30.1 Å². The van der Waals surface area contributed by atoms with E-state index in [0.29, 0.717) is 55.3 Å². The number of phenolic OH excluding ortho intramolecular Hbond substituents is 1. The quantitative estimate of drug-likeness (QED) is 0.0986. The van der Waals surface area contributed by atoms with Crippen molar-refractivity contribution in [2.45, 2.75) is 37.3 Å². The van der Waals surface area contributed by atoms with Gasteiger partial charge in [-0.3, -0.25) is 34.3 Å². The average Bonchev–Trinajstić information content (AvgIpc) is 3.59. The van der Waals surface area contributed by atoms with Gasteiger partial charge in [0.15, 0.2) is 11.6 Å². The third-order valence-electron chi connectivity index (χ3n) is 12.3. The number of fused-ring (bicyclic) bond motifs is 5. The summed E-state index contributed by atoms with van der Waals surface area (Å²) in [5.74, 6) is -8.36. The third-order valence-corrected chi connectivity index (χ3v) is 12.9. The maximum atomic E-state index is 15.6. The molecule has 15 heteroatoms. The molecule has 4 amide bonds. The number of alkyl halides is 3. The lowest BCUT2D eigenvalue weighted by Crippen LogP contribution is -2.53. The number of phenols is 1. The topological polar surface area (TPSA) is 137 Å².